The first-order valence-corrected chi connectivity index (χ1v) is 7.76. The highest BCUT2D eigenvalue weighted by Crippen LogP contribution is 2.28. The van der Waals surface area contributed by atoms with Crippen molar-refractivity contribution in [1.82, 2.24) is 0 Å². The van der Waals surface area contributed by atoms with Gasteiger partial charge in [-0.1, -0.05) is 6.07 Å². The van der Waals surface area contributed by atoms with E-state index in [1.165, 1.54) is 24.3 Å². The molecule has 0 unspecified atom stereocenters. The van der Waals surface area contributed by atoms with Crippen LogP contribution in [0.3, 0.4) is 0 Å². The summed E-state index contributed by atoms with van der Waals surface area (Å²) < 4.78 is 41.4. The summed E-state index contributed by atoms with van der Waals surface area (Å²) >= 11 is 5.02. The molecule has 0 aliphatic rings. The number of hydrogen-bond acceptors (Lipinski definition) is 6. The number of nitro benzene ring substituents is 2. The van der Waals surface area contributed by atoms with Gasteiger partial charge in [-0.3, -0.25) is 20.2 Å². The summed E-state index contributed by atoms with van der Waals surface area (Å²) in [7, 11) is 0. The molecule has 0 saturated carbocycles. The Balaban J connectivity index is 2.16. The third kappa shape index (κ3) is 6.35. The zero-order valence-electron chi connectivity index (χ0n) is 13.7. The van der Waals surface area contributed by atoms with E-state index in [0.717, 1.165) is 18.2 Å². The maximum absolute atomic E-state index is 12.3. The first kappa shape index (κ1) is 20.8. The van der Waals surface area contributed by atoms with Crippen LogP contribution in [0.15, 0.2) is 42.5 Å². The van der Waals surface area contributed by atoms with Gasteiger partial charge in [-0.05, 0) is 18.3 Å². The maximum atomic E-state index is 12.3. The van der Waals surface area contributed by atoms with E-state index in [1.54, 1.807) is 0 Å². The molecule has 28 heavy (non-hydrogen) atoms. The Morgan fingerprint density at radius 1 is 1.00 bits per heavy atom. The lowest BCUT2D eigenvalue weighted by molar-refractivity contribution is -0.385. The minimum Gasteiger partial charge on any atom is -0.484 e. The number of alkyl halides is 3. The highest BCUT2D eigenvalue weighted by atomic mass is 32.1. The van der Waals surface area contributed by atoms with E-state index < -0.39 is 28.3 Å². The minimum absolute atomic E-state index is 0.00527. The van der Waals surface area contributed by atoms with Gasteiger partial charge in [0.25, 0.3) is 11.4 Å². The summed E-state index contributed by atoms with van der Waals surface area (Å²) in [6.45, 7) is -1.62. The molecule has 2 N–H and O–H groups in total. The number of nitrogens with one attached hydrogen (secondary N) is 2. The quantitative estimate of drug-likeness (QED) is 0.407. The number of hydrogen-bond donors (Lipinski definition) is 2. The molecule has 2 rings (SSSR count). The molecular weight excluding hydrogens is 405 g/mol. The van der Waals surface area contributed by atoms with Crippen molar-refractivity contribution in [2.24, 2.45) is 0 Å². The van der Waals surface area contributed by atoms with Gasteiger partial charge in [-0.2, -0.15) is 13.2 Å². The van der Waals surface area contributed by atoms with E-state index in [9.17, 15) is 33.4 Å². The van der Waals surface area contributed by atoms with Gasteiger partial charge in [0.2, 0.25) is 0 Å². The summed E-state index contributed by atoms with van der Waals surface area (Å²) in [5.74, 6) is -0.382. The van der Waals surface area contributed by atoms with Crippen molar-refractivity contribution in [2.75, 3.05) is 17.2 Å². The molecule has 0 saturated heterocycles. The smallest absolute Gasteiger partial charge is 0.422 e. The fraction of sp³-hybridized carbons (Fsp3) is 0.133. The monoisotopic (exact) mass is 416 g/mol. The Morgan fingerprint density at radius 3 is 2.21 bits per heavy atom. The molecular formula is C15H11F3N4O5S. The standard InChI is InChI=1S/C15H11F3N4O5S/c16-15(17,18)8-27-13-6-10(5-12(7-13)22(25)26)20-14(28)19-9-2-1-3-11(4-9)21(23)24/h1-7H,8H2,(H2,19,20,28). The zero-order chi connectivity index (χ0) is 20.9. The van der Waals surface area contributed by atoms with Crippen molar-refractivity contribution in [2.45, 2.75) is 6.18 Å². The van der Waals surface area contributed by atoms with Gasteiger partial charge in [0.1, 0.15) is 5.75 Å². The molecule has 2 aromatic carbocycles. The van der Waals surface area contributed by atoms with Gasteiger partial charge in [0, 0.05) is 30.0 Å². The third-order valence-electron chi connectivity index (χ3n) is 3.08. The minimum atomic E-state index is -4.61. The first-order valence-electron chi connectivity index (χ1n) is 7.35. The normalized spacial score (nSPS) is 10.8. The summed E-state index contributed by atoms with van der Waals surface area (Å²) in [5, 5.41) is 26.8. The summed E-state index contributed by atoms with van der Waals surface area (Å²) in [4.78, 5) is 20.3. The predicted molar refractivity (Wildman–Crippen MR) is 97.6 cm³/mol. The molecule has 0 aliphatic carbocycles. The second kappa shape index (κ2) is 8.47. The van der Waals surface area contributed by atoms with E-state index in [0.29, 0.717) is 0 Å². The highest BCUT2D eigenvalue weighted by molar-refractivity contribution is 7.80. The van der Waals surface area contributed by atoms with Crippen LogP contribution < -0.4 is 15.4 Å². The van der Waals surface area contributed by atoms with E-state index in [-0.39, 0.29) is 27.9 Å². The van der Waals surface area contributed by atoms with Crippen LogP contribution in [0.1, 0.15) is 0 Å². The summed E-state index contributed by atoms with van der Waals surface area (Å²) in [6.07, 6.45) is -4.61. The van der Waals surface area contributed by atoms with Gasteiger partial charge in [0.05, 0.1) is 21.6 Å². The Bertz CT molecular complexity index is 923. The average molecular weight is 416 g/mol. The number of benzene rings is 2. The van der Waals surface area contributed by atoms with Crippen LogP contribution in [0.4, 0.5) is 35.9 Å². The first-order chi connectivity index (χ1) is 13.0. The van der Waals surface area contributed by atoms with Crippen LogP contribution in [0.5, 0.6) is 5.75 Å². The topological polar surface area (TPSA) is 120 Å². The van der Waals surface area contributed by atoms with E-state index in [1.807, 2.05) is 0 Å². The van der Waals surface area contributed by atoms with Gasteiger partial charge >= 0.3 is 6.18 Å². The molecule has 0 radical (unpaired) electrons. The number of thiocarbonyl (C=S) groups is 1. The van der Waals surface area contributed by atoms with Crippen LogP contribution in [-0.4, -0.2) is 27.7 Å². The van der Waals surface area contributed by atoms with Gasteiger partial charge in [-0.15, -0.1) is 0 Å². The molecule has 0 atom stereocenters. The number of non-ortho nitro benzene ring substituents is 2. The number of nitrogens with zero attached hydrogens (tertiary/aromatic N) is 2. The molecule has 0 amide bonds. The number of halogens is 3. The third-order valence-corrected chi connectivity index (χ3v) is 3.28. The SMILES string of the molecule is O=[N+]([O-])c1cccc(NC(=S)Nc2cc(OCC(F)(F)F)cc([N+](=O)[O-])c2)c1. The molecule has 0 heterocycles. The Hall–Kier alpha value is -3.48. The number of rotatable bonds is 6. The number of nitro groups is 2. The van der Waals surface area contributed by atoms with E-state index in [4.69, 9.17) is 12.2 Å². The van der Waals surface area contributed by atoms with Crippen molar-refractivity contribution >= 4 is 40.1 Å². The van der Waals surface area contributed by atoms with Crippen LogP contribution in [0.25, 0.3) is 0 Å². The molecule has 148 valence electrons. The zero-order valence-corrected chi connectivity index (χ0v) is 14.5. The van der Waals surface area contributed by atoms with Gasteiger partial charge < -0.3 is 15.4 Å². The fourth-order valence-corrected chi connectivity index (χ4v) is 2.24. The number of ether oxygens (including phenoxy) is 1. The lowest BCUT2D eigenvalue weighted by atomic mass is 10.2. The van der Waals surface area contributed by atoms with E-state index >= 15 is 0 Å². The Kier molecular flexibility index (Phi) is 6.30. The average Bonchev–Trinajstić information content (AvgIpc) is 2.59. The molecule has 0 aliphatic heterocycles. The molecule has 13 heteroatoms. The van der Waals surface area contributed by atoms with Gasteiger partial charge in [-0.25, -0.2) is 0 Å². The summed E-state index contributed by atoms with van der Waals surface area (Å²) in [5.41, 5.74) is -0.439. The largest absolute Gasteiger partial charge is 0.484 e. The van der Waals surface area contributed by atoms with Gasteiger partial charge in [0.15, 0.2) is 11.7 Å². The van der Waals surface area contributed by atoms with Crippen molar-refractivity contribution < 1.29 is 27.8 Å². The van der Waals surface area contributed by atoms with Crippen molar-refractivity contribution in [1.29, 1.82) is 0 Å². The molecule has 0 aromatic heterocycles. The van der Waals surface area contributed by atoms with E-state index in [2.05, 4.69) is 15.4 Å². The summed E-state index contributed by atoms with van der Waals surface area (Å²) in [6, 6.07) is 8.37. The highest BCUT2D eigenvalue weighted by Gasteiger charge is 2.28. The van der Waals surface area contributed by atoms with Crippen molar-refractivity contribution in [3.63, 3.8) is 0 Å². The lowest BCUT2D eigenvalue weighted by Crippen LogP contribution is -2.20. The van der Waals surface area contributed by atoms with Crippen LogP contribution >= 0.6 is 12.2 Å². The van der Waals surface area contributed by atoms with Crippen LogP contribution in [-0.2, 0) is 0 Å². The van der Waals surface area contributed by atoms with Crippen molar-refractivity contribution in [3.8, 4) is 5.75 Å². The van der Waals surface area contributed by atoms with Crippen molar-refractivity contribution in [3.05, 3.63) is 62.7 Å². The molecule has 0 spiro atoms. The molecule has 0 bridgehead atoms. The molecule has 0 fully saturated rings. The second-order valence-electron chi connectivity index (χ2n) is 5.26. The number of anilines is 2. The van der Waals surface area contributed by atoms with Crippen LogP contribution in [0.2, 0.25) is 0 Å². The predicted octanol–water partition coefficient (Wildman–Crippen LogP) is 4.25. The second-order valence-corrected chi connectivity index (χ2v) is 5.67. The Labute approximate surface area is 160 Å². The fourth-order valence-electron chi connectivity index (χ4n) is 2.00. The molecule has 9 nitrogen and oxygen atoms in total. The lowest BCUT2D eigenvalue weighted by Gasteiger charge is -2.13. The Morgan fingerprint density at radius 2 is 1.61 bits per heavy atom. The van der Waals surface area contributed by atoms with Crippen LogP contribution in [0, 0.1) is 20.2 Å². The maximum Gasteiger partial charge on any atom is 0.422 e. The molecule has 2 aromatic rings.